The van der Waals surface area contributed by atoms with Gasteiger partial charge in [0.25, 0.3) is 5.91 Å². The Balaban J connectivity index is 1.47. The van der Waals surface area contributed by atoms with Crippen LogP contribution in [0.15, 0.2) is 79.0 Å². The second-order valence-electron chi connectivity index (χ2n) is 9.70. The Labute approximate surface area is 225 Å². The van der Waals surface area contributed by atoms with Gasteiger partial charge in [0, 0.05) is 34.6 Å². The van der Waals surface area contributed by atoms with Gasteiger partial charge in [0.15, 0.2) is 11.5 Å². The van der Waals surface area contributed by atoms with Gasteiger partial charge in [0.2, 0.25) is 0 Å². The SMILES string of the molecule is O=C(Nc1ccc(Cl)cc1)c1c(-c2ccc3c(c2)OCCO3)c2c3n(c(-c4ccccc4)cn13)CCCC2. The lowest BCUT2D eigenvalue weighted by Gasteiger charge is -2.19. The van der Waals surface area contributed by atoms with Gasteiger partial charge in [-0.15, -0.1) is 0 Å². The van der Waals surface area contributed by atoms with Gasteiger partial charge in [-0.25, -0.2) is 0 Å². The number of hydrogen-bond acceptors (Lipinski definition) is 3. The minimum atomic E-state index is -0.171. The van der Waals surface area contributed by atoms with E-state index in [1.807, 2.05) is 36.4 Å². The van der Waals surface area contributed by atoms with Crippen molar-refractivity contribution in [2.24, 2.45) is 0 Å². The molecule has 0 saturated heterocycles. The van der Waals surface area contributed by atoms with Gasteiger partial charge >= 0.3 is 0 Å². The zero-order chi connectivity index (χ0) is 25.6. The molecule has 1 amide bonds. The molecular formula is C31H26ClN3O3. The summed E-state index contributed by atoms with van der Waals surface area (Å²) >= 11 is 6.09. The molecule has 0 radical (unpaired) electrons. The lowest BCUT2D eigenvalue weighted by Crippen LogP contribution is -2.16. The molecule has 0 spiro atoms. The molecule has 3 aromatic carbocycles. The summed E-state index contributed by atoms with van der Waals surface area (Å²) < 4.78 is 16.1. The molecule has 2 aromatic heterocycles. The summed E-state index contributed by atoms with van der Waals surface area (Å²) in [5, 5.41) is 3.73. The second kappa shape index (κ2) is 9.30. The number of anilines is 1. The Bertz CT molecular complexity index is 1670. The number of nitrogens with one attached hydrogen (secondary N) is 1. The Kier molecular flexibility index (Phi) is 5.63. The molecular weight excluding hydrogens is 498 g/mol. The van der Waals surface area contributed by atoms with Crippen LogP contribution in [0.1, 0.15) is 28.9 Å². The molecule has 38 heavy (non-hydrogen) atoms. The van der Waals surface area contributed by atoms with Crippen molar-refractivity contribution in [2.75, 3.05) is 18.5 Å². The number of ether oxygens (including phenoxy) is 2. The zero-order valence-electron chi connectivity index (χ0n) is 20.7. The number of aryl methyl sites for hydroxylation is 2. The topological polar surface area (TPSA) is 56.9 Å². The van der Waals surface area contributed by atoms with Crippen molar-refractivity contribution < 1.29 is 14.3 Å². The van der Waals surface area contributed by atoms with Crippen molar-refractivity contribution in [2.45, 2.75) is 25.8 Å². The highest BCUT2D eigenvalue weighted by atomic mass is 35.5. The molecule has 0 bridgehead atoms. The van der Waals surface area contributed by atoms with E-state index in [0.29, 0.717) is 35.4 Å². The van der Waals surface area contributed by atoms with Crippen LogP contribution in [0.5, 0.6) is 11.5 Å². The fraction of sp³-hybridized carbons (Fsp3) is 0.194. The summed E-state index contributed by atoms with van der Waals surface area (Å²) in [5.74, 6) is 1.27. The number of fused-ring (bicyclic) bond motifs is 1. The van der Waals surface area contributed by atoms with Crippen molar-refractivity contribution in [3.05, 3.63) is 95.3 Å². The smallest absolute Gasteiger partial charge is 0.273 e. The van der Waals surface area contributed by atoms with Crippen molar-refractivity contribution in [3.63, 3.8) is 0 Å². The number of carbonyl (C=O) groups is 1. The summed E-state index contributed by atoms with van der Waals surface area (Å²) in [6.45, 7) is 1.95. The number of rotatable bonds is 4. The average Bonchev–Trinajstić information content (AvgIpc) is 3.37. The first kappa shape index (κ1) is 23.0. The molecule has 0 aliphatic carbocycles. The maximum Gasteiger partial charge on any atom is 0.273 e. The van der Waals surface area contributed by atoms with Crippen LogP contribution in [0.4, 0.5) is 5.69 Å². The van der Waals surface area contributed by atoms with E-state index in [4.69, 9.17) is 21.1 Å². The van der Waals surface area contributed by atoms with Crippen LogP contribution < -0.4 is 14.8 Å². The van der Waals surface area contributed by atoms with Crippen molar-refractivity contribution >= 4 is 28.8 Å². The van der Waals surface area contributed by atoms with E-state index in [9.17, 15) is 4.79 Å². The minimum Gasteiger partial charge on any atom is -0.486 e. The number of imidazole rings is 1. The van der Waals surface area contributed by atoms with E-state index in [1.165, 1.54) is 5.56 Å². The highest BCUT2D eigenvalue weighted by Gasteiger charge is 2.30. The average molecular weight is 524 g/mol. The highest BCUT2D eigenvalue weighted by Crippen LogP contribution is 2.42. The largest absolute Gasteiger partial charge is 0.486 e. The fourth-order valence-electron chi connectivity index (χ4n) is 5.68. The van der Waals surface area contributed by atoms with E-state index >= 15 is 0 Å². The quantitative estimate of drug-likeness (QED) is 0.273. The molecule has 0 unspecified atom stereocenters. The van der Waals surface area contributed by atoms with Gasteiger partial charge in [-0.3, -0.25) is 9.20 Å². The van der Waals surface area contributed by atoms with Gasteiger partial charge in [0.1, 0.15) is 24.6 Å². The standard InChI is InChI=1S/C31H26ClN3O3/c32-22-10-12-23(13-11-22)33-30(36)29-28(21-9-14-26-27(18-21)38-17-16-37-26)24-8-4-5-15-34-25(19-35(29)31(24)34)20-6-2-1-3-7-20/h1-3,6-7,9-14,18-19H,4-5,8,15-17H2,(H,33,36). The summed E-state index contributed by atoms with van der Waals surface area (Å²) in [5.41, 5.74) is 7.70. The van der Waals surface area contributed by atoms with Crippen LogP contribution in [0.25, 0.3) is 28.0 Å². The van der Waals surface area contributed by atoms with Crippen LogP contribution in [0, 0.1) is 0 Å². The minimum absolute atomic E-state index is 0.171. The van der Waals surface area contributed by atoms with Gasteiger partial charge < -0.3 is 19.4 Å². The Morgan fingerprint density at radius 3 is 2.47 bits per heavy atom. The number of aromatic nitrogens is 2. The van der Waals surface area contributed by atoms with Crippen molar-refractivity contribution in [1.82, 2.24) is 8.97 Å². The lowest BCUT2D eigenvalue weighted by atomic mass is 9.97. The molecule has 5 aromatic rings. The number of nitrogens with zero attached hydrogens (tertiary/aromatic N) is 2. The van der Waals surface area contributed by atoms with Gasteiger partial charge in [-0.1, -0.05) is 48.0 Å². The Morgan fingerprint density at radius 2 is 1.66 bits per heavy atom. The van der Waals surface area contributed by atoms with Gasteiger partial charge in [-0.05, 0) is 66.8 Å². The van der Waals surface area contributed by atoms with Crippen molar-refractivity contribution in [1.29, 1.82) is 0 Å². The molecule has 7 rings (SSSR count). The predicted octanol–water partition coefficient (Wildman–Crippen LogP) is 7.09. The first-order valence-electron chi connectivity index (χ1n) is 13.0. The maximum atomic E-state index is 14.1. The van der Waals surface area contributed by atoms with Crippen LogP contribution in [0.3, 0.4) is 0 Å². The van der Waals surface area contributed by atoms with E-state index in [2.05, 4.69) is 44.7 Å². The zero-order valence-corrected chi connectivity index (χ0v) is 21.5. The summed E-state index contributed by atoms with van der Waals surface area (Å²) in [7, 11) is 0. The third-order valence-corrected chi connectivity index (χ3v) is 7.60. The molecule has 0 atom stereocenters. The number of benzene rings is 3. The number of hydrogen-bond donors (Lipinski definition) is 1. The summed E-state index contributed by atoms with van der Waals surface area (Å²) in [6.07, 6.45) is 5.12. The summed E-state index contributed by atoms with van der Waals surface area (Å²) in [4.78, 5) is 14.1. The third-order valence-electron chi connectivity index (χ3n) is 7.35. The first-order chi connectivity index (χ1) is 18.7. The summed E-state index contributed by atoms with van der Waals surface area (Å²) in [6, 6.07) is 23.6. The van der Waals surface area contributed by atoms with Gasteiger partial charge in [0.05, 0.1) is 5.69 Å². The molecule has 190 valence electrons. The van der Waals surface area contributed by atoms with Crippen LogP contribution in [0.2, 0.25) is 5.02 Å². The Hall–Kier alpha value is -4.16. The third kappa shape index (κ3) is 3.84. The van der Waals surface area contributed by atoms with E-state index in [0.717, 1.165) is 59.6 Å². The Morgan fingerprint density at radius 1 is 0.868 bits per heavy atom. The van der Waals surface area contributed by atoms with E-state index in [-0.39, 0.29) is 5.91 Å². The van der Waals surface area contributed by atoms with Gasteiger partial charge in [-0.2, -0.15) is 0 Å². The van der Waals surface area contributed by atoms with Crippen LogP contribution in [-0.4, -0.2) is 28.1 Å². The first-order valence-corrected chi connectivity index (χ1v) is 13.3. The lowest BCUT2D eigenvalue weighted by molar-refractivity contribution is 0.102. The normalized spacial score (nSPS) is 14.3. The molecule has 4 heterocycles. The number of carbonyl (C=O) groups excluding carboxylic acids is 1. The molecule has 1 N–H and O–H groups in total. The predicted molar refractivity (Wildman–Crippen MR) is 150 cm³/mol. The van der Waals surface area contributed by atoms with Crippen molar-refractivity contribution in [3.8, 4) is 33.9 Å². The monoisotopic (exact) mass is 523 g/mol. The van der Waals surface area contributed by atoms with Crippen LogP contribution >= 0.6 is 11.6 Å². The van der Waals surface area contributed by atoms with Crippen LogP contribution in [-0.2, 0) is 13.0 Å². The molecule has 0 fully saturated rings. The van der Waals surface area contributed by atoms with E-state index < -0.39 is 0 Å². The molecule has 2 aliphatic heterocycles. The molecule has 6 nitrogen and oxygen atoms in total. The number of halogens is 1. The second-order valence-corrected chi connectivity index (χ2v) is 10.1. The molecule has 2 aliphatic rings. The molecule has 0 saturated carbocycles. The fourth-order valence-corrected chi connectivity index (χ4v) is 5.81. The maximum absolute atomic E-state index is 14.1. The molecule has 7 heteroatoms. The number of amides is 1. The van der Waals surface area contributed by atoms with E-state index in [1.54, 1.807) is 12.1 Å². The highest BCUT2D eigenvalue weighted by molar-refractivity contribution is 6.30.